The number of carbonyl (C=O) groups excluding carboxylic acids is 2. The van der Waals surface area contributed by atoms with E-state index in [1.807, 2.05) is 26.8 Å². The molecule has 3 heteroatoms. The van der Waals surface area contributed by atoms with Gasteiger partial charge in [-0.3, -0.25) is 9.59 Å². The molecular formula is C15H24O3. The Morgan fingerprint density at radius 3 is 2.50 bits per heavy atom. The quantitative estimate of drug-likeness (QED) is 0.539. The number of ketones is 1. The molecule has 1 saturated carbocycles. The van der Waals surface area contributed by atoms with Gasteiger partial charge in [0.15, 0.2) is 0 Å². The first-order valence-electron chi connectivity index (χ1n) is 6.56. The molecule has 0 aliphatic heterocycles. The van der Waals surface area contributed by atoms with Crippen LogP contribution in [0.3, 0.4) is 0 Å². The molecule has 3 nitrogen and oxygen atoms in total. The lowest BCUT2D eigenvalue weighted by atomic mass is 9.76. The van der Waals surface area contributed by atoms with E-state index in [1.54, 1.807) is 6.92 Å². The standard InChI is InChI=1S/C15H24O3/c1-6-7-11-8-13(11)18-14(17)9-12(10(2)16)15(3,4)5/h6,11-13H,1,7-9H2,2-5H3/t11-,12-,13-/m1/s1. The van der Waals surface area contributed by atoms with E-state index in [9.17, 15) is 9.59 Å². The van der Waals surface area contributed by atoms with E-state index in [-0.39, 0.29) is 35.6 Å². The van der Waals surface area contributed by atoms with E-state index in [1.165, 1.54) is 0 Å². The molecule has 3 atom stereocenters. The minimum atomic E-state index is -0.262. The highest BCUT2D eigenvalue weighted by molar-refractivity contribution is 5.84. The van der Waals surface area contributed by atoms with Crippen molar-refractivity contribution in [2.45, 2.75) is 53.1 Å². The predicted octanol–water partition coefficient (Wildman–Crippen LogP) is 3.14. The Morgan fingerprint density at radius 1 is 1.44 bits per heavy atom. The van der Waals surface area contributed by atoms with Crippen LogP contribution in [-0.2, 0) is 14.3 Å². The lowest BCUT2D eigenvalue weighted by Gasteiger charge is -2.27. The molecule has 0 saturated heterocycles. The van der Waals surface area contributed by atoms with Gasteiger partial charge in [0, 0.05) is 11.8 Å². The zero-order chi connectivity index (χ0) is 13.9. The average Bonchev–Trinajstić information content (AvgIpc) is 2.91. The van der Waals surface area contributed by atoms with Crippen molar-refractivity contribution in [1.29, 1.82) is 0 Å². The van der Waals surface area contributed by atoms with E-state index in [4.69, 9.17) is 4.74 Å². The van der Waals surface area contributed by atoms with Crippen LogP contribution in [0.4, 0.5) is 0 Å². The van der Waals surface area contributed by atoms with Crippen LogP contribution in [-0.4, -0.2) is 17.9 Å². The lowest BCUT2D eigenvalue weighted by Crippen LogP contribution is -2.30. The largest absolute Gasteiger partial charge is 0.462 e. The Bertz CT molecular complexity index is 338. The normalized spacial score (nSPS) is 24.2. The van der Waals surface area contributed by atoms with Crippen molar-refractivity contribution in [2.75, 3.05) is 0 Å². The molecule has 0 radical (unpaired) electrons. The monoisotopic (exact) mass is 252 g/mol. The van der Waals surface area contributed by atoms with Gasteiger partial charge in [0.05, 0.1) is 6.42 Å². The Morgan fingerprint density at radius 2 is 2.06 bits per heavy atom. The number of hydrogen-bond donors (Lipinski definition) is 0. The third-order valence-electron chi connectivity index (χ3n) is 3.52. The van der Waals surface area contributed by atoms with Crippen molar-refractivity contribution in [1.82, 2.24) is 0 Å². The summed E-state index contributed by atoms with van der Waals surface area (Å²) in [5.74, 6) is -0.0157. The summed E-state index contributed by atoms with van der Waals surface area (Å²) in [6, 6.07) is 0. The SMILES string of the molecule is C=CC[C@@H]1C[C@H]1OC(=O)C[C@H](C(C)=O)C(C)(C)C. The van der Waals surface area contributed by atoms with Crippen molar-refractivity contribution in [2.24, 2.45) is 17.3 Å². The molecule has 0 N–H and O–H groups in total. The molecular weight excluding hydrogens is 228 g/mol. The molecule has 102 valence electrons. The highest BCUT2D eigenvalue weighted by Gasteiger charge is 2.40. The number of hydrogen-bond acceptors (Lipinski definition) is 3. The molecule has 18 heavy (non-hydrogen) atoms. The smallest absolute Gasteiger partial charge is 0.306 e. The van der Waals surface area contributed by atoms with E-state index in [0.717, 1.165) is 12.8 Å². The van der Waals surface area contributed by atoms with Crippen LogP contribution in [0.5, 0.6) is 0 Å². The van der Waals surface area contributed by atoms with E-state index in [0.29, 0.717) is 5.92 Å². The zero-order valence-electron chi connectivity index (χ0n) is 11.9. The molecule has 0 aromatic carbocycles. The summed E-state index contributed by atoms with van der Waals surface area (Å²) >= 11 is 0. The molecule has 1 aliphatic carbocycles. The summed E-state index contributed by atoms with van der Waals surface area (Å²) in [5.41, 5.74) is -0.199. The summed E-state index contributed by atoms with van der Waals surface area (Å²) in [6.45, 7) is 11.1. The number of ether oxygens (including phenoxy) is 1. The Kier molecular flexibility index (Phi) is 4.71. The van der Waals surface area contributed by atoms with Crippen LogP contribution in [0.25, 0.3) is 0 Å². The molecule has 0 aromatic heterocycles. The number of allylic oxidation sites excluding steroid dienone is 1. The van der Waals surface area contributed by atoms with Crippen molar-refractivity contribution < 1.29 is 14.3 Å². The number of Topliss-reactive ketones (excluding diaryl/α,β-unsaturated/α-hetero) is 1. The van der Waals surface area contributed by atoms with Gasteiger partial charge in [0.2, 0.25) is 0 Å². The third kappa shape index (κ3) is 4.28. The highest BCUT2D eigenvalue weighted by Crippen LogP contribution is 2.38. The first-order valence-corrected chi connectivity index (χ1v) is 6.56. The van der Waals surface area contributed by atoms with Crippen LogP contribution in [0.15, 0.2) is 12.7 Å². The highest BCUT2D eigenvalue weighted by atomic mass is 16.5. The molecule has 0 aromatic rings. The van der Waals surface area contributed by atoms with Gasteiger partial charge in [-0.2, -0.15) is 0 Å². The molecule has 0 spiro atoms. The Hall–Kier alpha value is -1.12. The van der Waals surface area contributed by atoms with Crippen molar-refractivity contribution in [3.05, 3.63) is 12.7 Å². The second-order valence-corrected chi connectivity index (χ2v) is 6.28. The fourth-order valence-corrected chi connectivity index (χ4v) is 2.27. The van der Waals surface area contributed by atoms with Crippen LogP contribution in [0.2, 0.25) is 0 Å². The number of carbonyl (C=O) groups is 2. The van der Waals surface area contributed by atoms with Crippen LogP contribution < -0.4 is 0 Å². The second kappa shape index (κ2) is 5.68. The minimum Gasteiger partial charge on any atom is -0.462 e. The fraction of sp³-hybridized carbons (Fsp3) is 0.733. The Balaban J connectivity index is 2.44. The molecule has 0 heterocycles. The van der Waals surface area contributed by atoms with Gasteiger partial charge in [-0.15, -0.1) is 6.58 Å². The van der Waals surface area contributed by atoms with Crippen molar-refractivity contribution in [3.63, 3.8) is 0 Å². The first kappa shape index (κ1) is 14.9. The lowest BCUT2D eigenvalue weighted by molar-refractivity contribution is -0.149. The van der Waals surface area contributed by atoms with Gasteiger partial charge in [-0.1, -0.05) is 26.8 Å². The first-order chi connectivity index (χ1) is 8.25. The van der Waals surface area contributed by atoms with Gasteiger partial charge in [0.25, 0.3) is 0 Å². The van der Waals surface area contributed by atoms with E-state index < -0.39 is 0 Å². The van der Waals surface area contributed by atoms with Gasteiger partial charge < -0.3 is 4.74 Å². The van der Waals surface area contributed by atoms with Crippen LogP contribution >= 0.6 is 0 Å². The maximum Gasteiger partial charge on any atom is 0.306 e. The Labute approximate surface area is 110 Å². The number of rotatable bonds is 6. The van der Waals surface area contributed by atoms with E-state index >= 15 is 0 Å². The molecule has 0 amide bonds. The van der Waals surface area contributed by atoms with Gasteiger partial charge in [0.1, 0.15) is 11.9 Å². The third-order valence-corrected chi connectivity index (χ3v) is 3.52. The second-order valence-electron chi connectivity index (χ2n) is 6.28. The van der Waals surface area contributed by atoms with Gasteiger partial charge in [-0.05, 0) is 25.2 Å². The summed E-state index contributed by atoms with van der Waals surface area (Å²) in [5, 5.41) is 0. The zero-order valence-corrected chi connectivity index (χ0v) is 11.9. The van der Waals surface area contributed by atoms with Crippen LogP contribution in [0.1, 0.15) is 47.0 Å². The average molecular weight is 252 g/mol. The topological polar surface area (TPSA) is 43.4 Å². The molecule has 0 unspecified atom stereocenters. The molecule has 1 rings (SSSR count). The van der Waals surface area contributed by atoms with Crippen molar-refractivity contribution >= 4 is 11.8 Å². The maximum atomic E-state index is 11.8. The van der Waals surface area contributed by atoms with Gasteiger partial charge in [-0.25, -0.2) is 0 Å². The van der Waals surface area contributed by atoms with Crippen LogP contribution in [0, 0.1) is 17.3 Å². The molecule has 1 aliphatic rings. The van der Waals surface area contributed by atoms with E-state index in [2.05, 4.69) is 6.58 Å². The molecule has 1 fully saturated rings. The summed E-state index contributed by atoms with van der Waals surface area (Å²) < 4.78 is 5.36. The maximum absolute atomic E-state index is 11.8. The molecule has 0 bridgehead atoms. The predicted molar refractivity (Wildman–Crippen MR) is 71.0 cm³/mol. The number of esters is 1. The minimum absolute atomic E-state index is 0.0445. The summed E-state index contributed by atoms with van der Waals surface area (Å²) in [6.07, 6.45) is 3.91. The van der Waals surface area contributed by atoms with Crippen molar-refractivity contribution in [3.8, 4) is 0 Å². The summed E-state index contributed by atoms with van der Waals surface area (Å²) in [4.78, 5) is 23.4. The van der Waals surface area contributed by atoms with Gasteiger partial charge >= 0.3 is 5.97 Å². The summed E-state index contributed by atoms with van der Waals surface area (Å²) in [7, 11) is 0. The fourth-order valence-electron chi connectivity index (χ4n) is 2.27.